The van der Waals surface area contributed by atoms with Crippen LogP contribution in [0, 0.1) is 0 Å². The molecule has 3 N–H and O–H groups in total. The van der Waals surface area contributed by atoms with Gasteiger partial charge in [0.25, 0.3) is 5.91 Å². The number of benzene rings is 1. The van der Waals surface area contributed by atoms with E-state index in [9.17, 15) is 9.59 Å². The Balaban J connectivity index is 2.20. The van der Waals surface area contributed by atoms with Gasteiger partial charge < -0.3 is 20.5 Å². The lowest BCUT2D eigenvalue weighted by Gasteiger charge is -2.20. The van der Waals surface area contributed by atoms with Gasteiger partial charge in [0.05, 0.1) is 12.7 Å². The molecule has 0 spiro atoms. The highest BCUT2D eigenvalue weighted by Gasteiger charge is 2.43. The summed E-state index contributed by atoms with van der Waals surface area (Å²) < 4.78 is 5.13. The lowest BCUT2D eigenvalue weighted by Crippen LogP contribution is -2.50. The molecule has 0 aliphatic carbocycles. The first-order chi connectivity index (χ1) is 8.98. The summed E-state index contributed by atoms with van der Waals surface area (Å²) in [6.45, 7) is 0.346. The maximum atomic E-state index is 12.3. The highest BCUT2D eigenvalue weighted by molar-refractivity contribution is 5.97. The molecule has 1 aliphatic rings. The van der Waals surface area contributed by atoms with Gasteiger partial charge in [-0.15, -0.1) is 0 Å². The molecule has 0 aromatic heterocycles. The summed E-state index contributed by atoms with van der Waals surface area (Å²) in [4.78, 5) is 24.8. The first-order valence-electron chi connectivity index (χ1n) is 5.92. The third kappa shape index (κ3) is 2.39. The topological polar surface area (TPSA) is 92.9 Å². The number of hydrogen-bond donors (Lipinski definition) is 2. The molecule has 1 saturated heterocycles. The van der Waals surface area contributed by atoms with E-state index in [0.717, 1.165) is 0 Å². The number of amides is 1. The first-order valence-corrected chi connectivity index (χ1v) is 5.92. The van der Waals surface area contributed by atoms with Crippen molar-refractivity contribution in [2.45, 2.75) is 12.0 Å². The van der Waals surface area contributed by atoms with E-state index >= 15 is 0 Å². The summed E-state index contributed by atoms with van der Waals surface area (Å²) in [6, 6.07) is 6.84. The van der Waals surface area contributed by atoms with E-state index in [1.165, 1.54) is 12.0 Å². The Morgan fingerprint density at radius 1 is 1.42 bits per heavy atom. The van der Waals surface area contributed by atoms with Crippen LogP contribution in [0.5, 0.6) is 5.75 Å². The van der Waals surface area contributed by atoms with Gasteiger partial charge >= 0.3 is 5.97 Å². The molecule has 1 aromatic rings. The van der Waals surface area contributed by atoms with Gasteiger partial charge in [-0.3, -0.25) is 9.59 Å². The Kier molecular flexibility index (Phi) is 3.44. The fourth-order valence-electron chi connectivity index (χ4n) is 2.17. The second-order valence-electron chi connectivity index (χ2n) is 4.64. The number of carboxylic acids is 1. The average Bonchev–Trinajstić information content (AvgIpc) is 2.82. The van der Waals surface area contributed by atoms with E-state index in [4.69, 9.17) is 15.6 Å². The number of carbonyl (C=O) groups is 2. The molecule has 6 nitrogen and oxygen atoms in total. The Morgan fingerprint density at radius 2 is 2.11 bits per heavy atom. The lowest BCUT2D eigenvalue weighted by atomic mass is 10.0. The zero-order chi connectivity index (χ0) is 14.0. The number of carbonyl (C=O) groups excluding carboxylic acids is 1. The van der Waals surface area contributed by atoms with Crippen molar-refractivity contribution in [2.24, 2.45) is 5.73 Å². The van der Waals surface area contributed by atoms with Gasteiger partial charge in [0.2, 0.25) is 0 Å². The van der Waals surface area contributed by atoms with Crippen LogP contribution < -0.4 is 10.5 Å². The molecular formula is C13H16N2O4. The molecule has 0 radical (unpaired) electrons. The molecule has 1 aromatic carbocycles. The summed E-state index contributed by atoms with van der Waals surface area (Å²) in [5.74, 6) is -0.869. The monoisotopic (exact) mass is 264 g/mol. The smallest absolute Gasteiger partial charge is 0.325 e. The van der Waals surface area contributed by atoms with Crippen LogP contribution in [0.2, 0.25) is 0 Å². The largest absolute Gasteiger partial charge is 0.496 e. The zero-order valence-electron chi connectivity index (χ0n) is 10.6. The van der Waals surface area contributed by atoms with Crippen LogP contribution in [0.1, 0.15) is 16.8 Å². The van der Waals surface area contributed by atoms with E-state index in [1.54, 1.807) is 24.3 Å². The summed E-state index contributed by atoms with van der Waals surface area (Å²) in [5, 5.41) is 9.06. The van der Waals surface area contributed by atoms with Crippen LogP contribution in [0.3, 0.4) is 0 Å². The van der Waals surface area contributed by atoms with Crippen molar-refractivity contribution >= 4 is 11.9 Å². The molecule has 1 aliphatic heterocycles. The van der Waals surface area contributed by atoms with E-state index < -0.39 is 11.5 Å². The maximum Gasteiger partial charge on any atom is 0.325 e. The van der Waals surface area contributed by atoms with Gasteiger partial charge in [-0.05, 0) is 18.6 Å². The molecule has 19 heavy (non-hydrogen) atoms. The highest BCUT2D eigenvalue weighted by atomic mass is 16.5. The van der Waals surface area contributed by atoms with Gasteiger partial charge in [-0.1, -0.05) is 12.1 Å². The predicted octanol–water partition coefficient (Wildman–Crippen LogP) is 0.323. The van der Waals surface area contributed by atoms with Crippen molar-refractivity contribution in [3.05, 3.63) is 29.8 Å². The first kappa shape index (κ1) is 13.4. The summed E-state index contributed by atoms with van der Waals surface area (Å²) >= 11 is 0. The standard InChI is InChI=1S/C13H16N2O4/c1-19-10-5-3-2-4-9(10)11(16)15-7-6-13(14,8-15)12(17)18/h2-5H,6-8,14H2,1H3,(H,17,18). The van der Waals surface area contributed by atoms with E-state index in [-0.39, 0.29) is 18.9 Å². The summed E-state index contributed by atoms with van der Waals surface area (Å²) in [6.07, 6.45) is 0.253. The fourth-order valence-corrected chi connectivity index (χ4v) is 2.17. The molecule has 102 valence electrons. The van der Waals surface area contributed by atoms with Crippen molar-refractivity contribution in [2.75, 3.05) is 20.2 Å². The minimum atomic E-state index is -1.35. The minimum absolute atomic E-state index is 0.0131. The second kappa shape index (κ2) is 4.89. The Morgan fingerprint density at radius 3 is 2.68 bits per heavy atom. The molecule has 1 unspecified atom stereocenters. The van der Waals surface area contributed by atoms with E-state index in [0.29, 0.717) is 17.9 Å². The second-order valence-corrected chi connectivity index (χ2v) is 4.64. The molecule has 1 atom stereocenters. The molecule has 1 amide bonds. The van der Waals surface area contributed by atoms with Gasteiger partial charge in [-0.25, -0.2) is 0 Å². The highest BCUT2D eigenvalue weighted by Crippen LogP contribution is 2.24. The number of hydrogen-bond acceptors (Lipinski definition) is 4. The van der Waals surface area contributed by atoms with Crippen molar-refractivity contribution in [1.29, 1.82) is 0 Å². The van der Waals surface area contributed by atoms with Crippen molar-refractivity contribution in [3.63, 3.8) is 0 Å². The third-order valence-electron chi connectivity index (χ3n) is 3.35. The van der Waals surface area contributed by atoms with Crippen LogP contribution >= 0.6 is 0 Å². The summed E-state index contributed by atoms with van der Waals surface area (Å²) in [5.41, 5.74) is 4.82. The molecule has 2 rings (SSSR count). The lowest BCUT2D eigenvalue weighted by molar-refractivity contribution is -0.142. The Bertz CT molecular complexity index is 517. The number of aliphatic carboxylic acids is 1. The zero-order valence-corrected chi connectivity index (χ0v) is 10.6. The SMILES string of the molecule is COc1ccccc1C(=O)N1CCC(N)(C(=O)O)C1. The number of nitrogens with zero attached hydrogens (tertiary/aromatic N) is 1. The molecule has 1 fully saturated rings. The number of likely N-dealkylation sites (tertiary alicyclic amines) is 1. The quantitative estimate of drug-likeness (QED) is 0.820. The summed E-state index contributed by atoms with van der Waals surface area (Å²) in [7, 11) is 1.49. The van der Waals surface area contributed by atoms with Crippen LogP contribution in [-0.4, -0.2) is 47.6 Å². The van der Waals surface area contributed by atoms with Gasteiger partial charge in [0.1, 0.15) is 11.3 Å². The van der Waals surface area contributed by atoms with E-state index in [2.05, 4.69) is 0 Å². The van der Waals surface area contributed by atoms with Crippen LogP contribution in [-0.2, 0) is 4.79 Å². The molecule has 0 bridgehead atoms. The van der Waals surface area contributed by atoms with Crippen LogP contribution in [0.15, 0.2) is 24.3 Å². The number of ether oxygens (including phenoxy) is 1. The average molecular weight is 264 g/mol. The minimum Gasteiger partial charge on any atom is -0.496 e. The van der Waals surface area contributed by atoms with Crippen LogP contribution in [0.25, 0.3) is 0 Å². The normalized spacial score (nSPS) is 22.3. The van der Waals surface area contributed by atoms with Crippen LogP contribution in [0.4, 0.5) is 0 Å². The fraction of sp³-hybridized carbons (Fsp3) is 0.385. The van der Waals surface area contributed by atoms with E-state index in [1.807, 2.05) is 0 Å². The predicted molar refractivity (Wildman–Crippen MR) is 68.1 cm³/mol. The molecule has 1 heterocycles. The number of rotatable bonds is 3. The van der Waals surface area contributed by atoms with Crippen molar-refractivity contribution < 1.29 is 19.4 Å². The van der Waals surface area contributed by atoms with Gasteiger partial charge in [0, 0.05) is 13.1 Å². The number of methoxy groups -OCH3 is 1. The third-order valence-corrected chi connectivity index (χ3v) is 3.35. The van der Waals surface area contributed by atoms with Crippen molar-refractivity contribution in [3.8, 4) is 5.75 Å². The number of para-hydroxylation sites is 1. The number of nitrogens with two attached hydrogens (primary N) is 1. The molecule has 6 heteroatoms. The number of carboxylic acid groups (broad SMARTS) is 1. The van der Waals surface area contributed by atoms with Crippen molar-refractivity contribution in [1.82, 2.24) is 4.90 Å². The Hall–Kier alpha value is -2.08. The van der Waals surface area contributed by atoms with Gasteiger partial charge in [-0.2, -0.15) is 0 Å². The maximum absolute atomic E-state index is 12.3. The van der Waals surface area contributed by atoms with Gasteiger partial charge in [0.15, 0.2) is 0 Å². The molecular weight excluding hydrogens is 248 g/mol. The molecule has 0 saturated carbocycles. The Labute approximate surface area is 110 Å².